The molecule has 1 aromatic rings. The van der Waals surface area contributed by atoms with Crippen LogP contribution in [0.3, 0.4) is 0 Å². The summed E-state index contributed by atoms with van der Waals surface area (Å²) in [6.07, 6.45) is 0.362. The van der Waals surface area contributed by atoms with Crippen LogP contribution in [0.2, 0.25) is 5.15 Å². The van der Waals surface area contributed by atoms with Crippen LogP contribution in [-0.2, 0) is 9.47 Å². The van der Waals surface area contributed by atoms with Crippen molar-refractivity contribution >= 4 is 23.2 Å². The van der Waals surface area contributed by atoms with Gasteiger partial charge in [-0.1, -0.05) is 11.6 Å². The predicted octanol–water partition coefficient (Wildman–Crippen LogP) is 0.992. The highest BCUT2D eigenvalue weighted by molar-refractivity contribution is 6.32. The molecule has 0 fully saturated rings. The molecule has 19 heavy (non-hydrogen) atoms. The SMILES string of the molecule is COC(CNC(=O)c1cc([N+](=O)[O-])cnc1Cl)OC. The summed E-state index contributed by atoms with van der Waals surface area (Å²) in [7, 11) is 2.84. The Hall–Kier alpha value is -1.77. The fourth-order valence-electron chi connectivity index (χ4n) is 1.23. The van der Waals surface area contributed by atoms with E-state index in [0.29, 0.717) is 0 Å². The van der Waals surface area contributed by atoms with Gasteiger partial charge in [0.15, 0.2) is 6.29 Å². The highest BCUT2D eigenvalue weighted by Crippen LogP contribution is 2.18. The van der Waals surface area contributed by atoms with Crippen molar-refractivity contribution in [1.29, 1.82) is 0 Å². The van der Waals surface area contributed by atoms with Gasteiger partial charge in [0.2, 0.25) is 0 Å². The Kier molecular flexibility index (Phi) is 5.61. The van der Waals surface area contributed by atoms with E-state index in [1.807, 2.05) is 0 Å². The molecule has 0 aromatic carbocycles. The van der Waals surface area contributed by atoms with E-state index in [1.165, 1.54) is 14.2 Å². The summed E-state index contributed by atoms with van der Waals surface area (Å²) in [4.78, 5) is 25.3. The second-order valence-electron chi connectivity index (χ2n) is 3.40. The van der Waals surface area contributed by atoms with Crippen molar-refractivity contribution in [3.05, 3.63) is 33.1 Å². The third-order valence-electron chi connectivity index (χ3n) is 2.24. The van der Waals surface area contributed by atoms with Gasteiger partial charge < -0.3 is 14.8 Å². The van der Waals surface area contributed by atoms with Gasteiger partial charge in [-0.3, -0.25) is 14.9 Å². The van der Waals surface area contributed by atoms with Gasteiger partial charge in [-0.15, -0.1) is 0 Å². The van der Waals surface area contributed by atoms with E-state index in [1.54, 1.807) is 0 Å². The highest BCUT2D eigenvalue weighted by Gasteiger charge is 2.18. The lowest BCUT2D eigenvalue weighted by Crippen LogP contribution is -2.34. The van der Waals surface area contributed by atoms with Crippen molar-refractivity contribution in [2.75, 3.05) is 20.8 Å². The fraction of sp³-hybridized carbons (Fsp3) is 0.400. The number of methoxy groups -OCH3 is 2. The maximum absolute atomic E-state index is 11.8. The Morgan fingerprint density at radius 3 is 2.74 bits per heavy atom. The molecule has 9 heteroatoms. The summed E-state index contributed by atoms with van der Waals surface area (Å²) >= 11 is 5.72. The van der Waals surface area contributed by atoms with Crippen molar-refractivity contribution < 1.29 is 19.2 Å². The average Bonchev–Trinajstić information content (AvgIpc) is 2.39. The maximum Gasteiger partial charge on any atom is 0.288 e. The Balaban J connectivity index is 2.81. The molecule has 0 aliphatic carbocycles. The number of carbonyl (C=O) groups excluding carboxylic acids is 1. The second kappa shape index (κ2) is 6.98. The van der Waals surface area contributed by atoms with Crippen molar-refractivity contribution in [3.8, 4) is 0 Å². The Bertz CT molecular complexity index is 478. The number of nitrogens with one attached hydrogen (secondary N) is 1. The van der Waals surface area contributed by atoms with Gasteiger partial charge in [0, 0.05) is 20.3 Å². The molecule has 0 bridgehead atoms. The van der Waals surface area contributed by atoms with Crippen molar-refractivity contribution in [2.24, 2.45) is 0 Å². The highest BCUT2D eigenvalue weighted by atomic mass is 35.5. The number of aromatic nitrogens is 1. The normalized spacial score (nSPS) is 10.5. The van der Waals surface area contributed by atoms with E-state index in [4.69, 9.17) is 21.1 Å². The zero-order chi connectivity index (χ0) is 14.4. The molecule has 1 rings (SSSR count). The number of carbonyl (C=O) groups is 1. The number of pyridine rings is 1. The number of rotatable bonds is 6. The van der Waals surface area contributed by atoms with E-state index >= 15 is 0 Å². The molecular weight excluding hydrogens is 278 g/mol. The number of amides is 1. The lowest BCUT2D eigenvalue weighted by Gasteiger charge is -2.14. The molecule has 0 saturated carbocycles. The minimum absolute atomic E-state index is 0.0743. The van der Waals surface area contributed by atoms with E-state index < -0.39 is 17.1 Å². The van der Waals surface area contributed by atoms with Crippen LogP contribution < -0.4 is 5.32 Å². The molecule has 1 aromatic heterocycles. The molecule has 0 aliphatic heterocycles. The number of hydrogen-bond acceptors (Lipinski definition) is 6. The summed E-state index contributed by atoms with van der Waals surface area (Å²) in [6, 6.07) is 1.05. The zero-order valence-corrected chi connectivity index (χ0v) is 11.0. The van der Waals surface area contributed by atoms with Crippen LogP contribution in [-0.4, -0.2) is 42.9 Å². The standard InChI is InChI=1S/C10H12ClN3O5/c1-18-8(19-2)5-13-10(15)7-3-6(14(16)17)4-12-9(7)11/h3-4,8H,5H2,1-2H3,(H,13,15). The van der Waals surface area contributed by atoms with Crippen LogP contribution >= 0.6 is 11.6 Å². The summed E-state index contributed by atoms with van der Waals surface area (Å²) in [5, 5.41) is 13.0. The van der Waals surface area contributed by atoms with Crippen LogP contribution in [0, 0.1) is 10.1 Å². The predicted molar refractivity (Wildman–Crippen MR) is 66.0 cm³/mol. The van der Waals surface area contributed by atoms with Crippen molar-refractivity contribution in [3.63, 3.8) is 0 Å². The van der Waals surface area contributed by atoms with Gasteiger partial charge in [0.1, 0.15) is 11.3 Å². The molecular formula is C10H12ClN3O5. The first-order chi connectivity index (χ1) is 8.99. The third-order valence-corrected chi connectivity index (χ3v) is 2.54. The van der Waals surface area contributed by atoms with Gasteiger partial charge >= 0.3 is 0 Å². The van der Waals surface area contributed by atoms with E-state index in [0.717, 1.165) is 12.3 Å². The second-order valence-corrected chi connectivity index (χ2v) is 3.76. The van der Waals surface area contributed by atoms with Crippen LogP contribution in [0.15, 0.2) is 12.3 Å². The molecule has 104 valence electrons. The van der Waals surface area contributed by atoms with Gasteiger partial charge in [0.25, 0.3) is 11.6 Å². The molecule has 0 unspecified atom stereocenters. The molecule has 0 radical (unpaired) electrons. The number of halogens is 1. The lowest BCUT2D eigenvalue weighted by molar-refractivity contribution is -0.385. The molecule has 0 spiro atoms. The average molecular weight is 290 g/mol. The number of ether oxygens (including phenoxy) is 2. The number of hydrogen-bond donors (Lipinski definition) is 1. The van der Waals surface area contributed by atoms with Crippen LogP contribution in [0.5, 0.6) is 0 Å². The number of nitro groups is 1. The topological polar surface area (TPSA) is 104 Å². The molecule has 0 aliphatic rings. The Morgan fingerprint density at radius 1 is 1.58 bits per heavy atom. The molecule has 1 heterocycles. The summed E-state index contributed by atoms with van der Waals surface area (Å²) in [5.41, 5.74) is -0.397. The molecule has 0 atom stereocenters. The van der Waals surface area contributed by atoms with Crippen LogP contribution in [0.25, 0.3) is 0 Å². The Labute approximate surface area is 113 Å². The molecule has 1 amide bonds. The summed E-state index contributed by atoms with van der Waals surface area (Å²) in [5.74, 6) is -0.597. The smallest absolute Gasteiger partial charge is 0.288 e. The molecule has 1 N–H and O–H groups in total. The minimum atomic E-state index is -0.660. The first-order valence-corrected chi connectivity index (χ1v) is 5.51. The minimum Gasteiger partial charge on any atom is -0.354 e. The summed E-state index contributed by atoms with van der Waals surface area (Å²) in [6.45, 7) is 0.0743. The van der Waals surface area contributed by atoms with E-state index in [2.05, 4.69) is 10.3 Å². The molecule has 8 nitrogen and oxygen atoms in total. The van der Waals surface area contributed by atoms with Gasteiger partial charge in [-0.05, 0) is 0 Å². The third kappa shape index (κ3) is 4.12. The van der Waals surface area contributed by atoms with Crippen LogP contribution in [0.4, 0.5) is 5.69 Å². The van der Waals surface area contributed by atoms with Crippen molar-refractivity contribution in [2.45, 2.75) is 6.29 Å². The molecule has 0 saturated heterocycles. The first kappa shape index (κ1) is 15.3. The zero-order valence-electron chi connectivity index (χ0n) is 10.3. The number of nitrogens with zero attached hydrogens (tertiary/aromatic N) is 2. The Morgan fingerprint density at radius 2 is 2.21 bits per heavy atom. The monoisotopic (exact) mass is 289 g/mol. The van der Waals surface area contributed by atoms with E-state index in [9.17, 15) is 14.9 Å². The fourth-order valence-corrected chi connectivity index (χ4v) is 1.42. The van der Waals surface area contributed by atoms with Gasteiger partial charge in [-0.25, -0.2) is 4.98 Å². The quantitative estimate of drug-likeness (QED) is 0.362. The summed E-state index contributed by atoms with van der Waals surface area (Å²) < 4.78 is 9.77. The first-order valence-electron chi connectivity index (χ1n) is 5.13. The van der Waals surface area contributed by atoms with E-state index in [-0.39, 0.29) is 22.9 Å². The van der Waals surface area contributed by atoms with Gasteiger partial charge in [-0.2, -0.15) is 0 Å². The van der Waals surface area contributed by atoms with Crippen LogP contribution in [0.1, 0.15) is 10.4 Å². The van der Waals surface area contributed by atoms with Gasteiger partial charge in [0.05, 0.1) is 17.0 Å². The largest absolute Gasteiger partial charge is 0.354 e. The lowest BCUT2D eigenvalue weighted by atomic mass is 10.2. The maximum atomic E-state index is 11.8. The van der Waals surface area contributed by atoms with Crippen molar-refractivity contribution in [1.82, 2.24) is 10.3 Å².